The van der Waals surface area contributed by atoms with Crippen LogP contribution in [0.5, 0.6) is 0 Å². The van der Waals surface area contributed by atoms with Gasteiger partial charge in [-0.05, 0) is 49.4 Å². The number of ether oxygens (including phenoxy) is 2. The van der Waals surface area contributed by atoms with Crippen LogP contribution in [0.2, 0.25) is 0 Å². The van der Waals surface area contributed by atoms with Gasteiger partial charge in [-0.1, -0.05) is 48.5 Å². The molecule has 0 saturated heterocycles. The van der Waals surface area contributed by atoms with E-state index in [-0.39, 0.29) is 38.6 Å². The molecular formula is C26H32N2O6. The molecule has 2 N–H and O–H groups in total. The molecular weight excluding hydrogens is 436 g/mol. The molecule has 1 aliphatic rings. The van der Waals surface area contributed by atoms with Crippen LogP contribution >= 0.6 is 0 Å². The van der Waals surface area contributed by atoms with E-state index >= 15 is 0 Å². The first-order valence-corrected chi connectivity index (χ1v) is 11.4. The number of rotatable bonds is 9. The molecule has 0 saturated carbocycles. The number of carboxylic acids is 1. The second-order valence-electron chi connectivity index (χ2n) is 9.22. The zero-order chi connectivity index (χ0) is 24.7. The highest BCUT2D eigenvalue weighted by atomic mass is 16.6. The van der Waals surface area contributed by atoms with Crippen molar-refractivity contribution in [2.45, 2.75) is 45.1 Å². The Bertz CT molecular complexity index is 984. The number of benzene rings is 2. The standard InChI is InChI=1S/C26H32N2O6/c1-26(2,3)34-24(31)27-14-8-15-28(16-13-23(29)30)25(32)33-17-22-20-11-6-4-9-18(20)19-10-5-7-12-21(19)22/h4-7,9-12,22H,8,13-17H2,1-3H3,(H,27,31)(H,29,30). The first kappa shape index (κ1) is 25.1. The van der Waals surface area contributed by atoms with E-state index in [0.717, 1.165) is 22.3 Å². The van der Waals surface area contributed by atoms with Crippen molar-refractivity contribution in [2.24, 2.45) is 0 Å². The monoisotopic (exact) mass is 468 g/mol. The molecule has 0 unspecified atom stereocenters. The molecule has 0 radical (unpaired) electrons. The third kappa shape index (κ3) is 6.73. The van der Waals surface area contributed by atoms with Gasteiger partial charge >= 0.3 is 18.2 Å². The molecule has 182 valence electrons. The Hall–Kier alpha value is -3.55. The highest BCUT2D eigenvalue weighted by Gasteiger charge is 2.29. The van der Waals surface area contributed by atoms with Gasteiger partial charge in [0, 0.05) is 25.6 Å². The number of alkyl carbamates (subject to hydrolysis) is 1. The first-order chi connectivity index (χ1) is 16.2. The Balaban J connectivity index is 1.58. The number of carbonyl (C=O) groups excluding carboxylic acids is 2. The van der Waals surface area contributed by atoms with Crippen LogP contribution in [0.3, 0.4) is 0 Å². The number of nitrogens with zero attached hydrogens (tertiary/aromatic N) is 1. The van der Waals surface area contributed by atoms with E-state index in [4.69, 9.17) is 14.6 Å². The Kier molecular flexibility index (Phi) is 8.15. The van der Waals surface area contributed by atoms with Gasteiger partial charge in [0.1, 0.15) is 12.2 Å². The summed E-state index contributed by atoms with van der Waals surface area (Å²) in [6.45, 7) is 6.05. The average Bonchev–Trinajstić information content (AvgIpc) is 3.09. The number of fused-ring (bicyclic) bond motifs is 3. The summed E-state index contributed by atoms with van der Waals surface area (Å²) in [6.07, 6.45) is -0.863. The number of amides is 2. The Labute approximate surface area is 199 Å². The number of carboxylic acid groups (broad SMARTS) is 1. The molecule has 8 nitrogen and oxygen atoms in total. The predicted molar refractivity (Wildman–Crippen MR) is 128 cm³/mol. The van der Waals surface area contributed by atoms with Crippen molar-refractivity contribution in [1.82, 2.24) is 10.2 Å². The minimum absolute atomic E-state index is 0.0262. The first-order valence-electron chi connectivity index (χ1n) is 11.4. The van der Waals surface area contributed by atoms with Crippen molar-refractivity contribution in [2.75, 3.05) is 26.2 Å². The van der Waals surface area contributed by atoms with Crippen molar-refractivity contribution in [3.05, 3.63) is 59.7 Å². The van der Waals surface area contributed by atoms with Crippen molar-refractivity contribution in [3.8, 4) is 11.1 Å². The Morgan fingerprint density at radius 2 is 1.56 bits per heavy atom. The van der Waals surface area contributed by atoms with Crippen LogP contribution < -0.4 is 5.32 Å². The summed E-state index contributed by atoms with van der Waals surface area (Å²) in [7, 11) is 0. The third-order valence-electron chi connectivity index (χ3n) is 5.46. The molecule has 1 aliphatic carbocycles. The third-order valence-corrected chi connectivity index (χ3v) is 5.46. The van der Waals surface area contributed by atoms with Crippen molar-refractivity contribution in [3.63, 3.8) is 0 Å². The predicted octanol–water partition coefficient (Wildman–Crippen LogP) is 4.63. The van der Waals surface area contributed by atoms with Crippen LogP contribution in [0.15, 0.2) is 48.5 Å². The van der Waals surface area contributed by atoms with Gasteiger partial charge in [-0.2, -0.15) is 0 Å². The maximum atomic E-state index is 12.9. The van der Waals surface area contributed by atoms with E-state index in [9.17, 15) is 14.4 Å². The Morgan fingerprint density at radius 1 is 0.971 bits per heavy atom. The molecule has 2 aromatic carbocycles. The summed E-state index contributed by atoms with van der Waals surface area (Å²) in [5, 5.41) is 11.7. The van der Waals surface area contributed by atoms with Crippen molar-refractivity contribution >= 4 is 18.2 Å². The minimum atomic E-state index is -0.997. The van der Waals surface area contributed by atoms with E-state index in [1.165, 1.54) is 4.90 Å². The molecule has 0 heterocycles. The van der Waals surface area contributed by atoms with Crippen LogP contribution in [0.25, 0.3) is 11.1 Å². The summed E-state index contributed by atoms with van der Waals surface area (Å²) in [5.41, 5.74) is 3.88. The summed E-state index contributed by atoms with van der Waals surface area (Å²) in [6, 6.07) is 16.1. The molecule has 3 rings (SSSR count). The smallest absolute Gasteiger partial charge is 0.409 e. The summed E-state index contributed by atoms with van der Waals surface area (Å²) >= 11 is 0. The summed E-state index contributed by atoms with van der Waals surface area (Å²) < 4.78 is 10.9. The molecule has 8 heteroatoms. The second-order valence-corrected chi connectivity index (χ2v) is 9.22. The maximum Gasteiger partial charge on any atom is 0.409 e. The lowest BCUT2D eigenvalue weighted by atomic mass is 9.98. The van der Waals surface area contributed by atoms with Gasteiger partial charge in [0.2, 0.25) is 0 Å². The summed E-state index contributed by atoms with van der Waals surface area (Å²) in [4.78, 5) is 37.1. The zero-order valence-corrected chi connectivity index (χ0v) is 19.9. The van der Waals surface area contributed by atoms with Gasteiger partial charge in [-0.15, -0.1) is 0 Å². The lowest BCUT2D eigenvalue weighted by Gasteiger charge is -2.23. The molecule has 2 aromatic rings. The van der Waals surface area contributed by atoms with E-state index in [2.05, 4.69) is 17.4 Å². The highest BCUT2D eigenvalue weighted by molar-refractivity contribution is 5.79. The number of hydrogen-bond donors (Lipinski definition) is 2. The fourth-order valence-corrected chi connectivity index (χ4v) is 3.98. The van der Waals surface area contributed by atoms with Crippen LogP contribution in [0.4, 0.5) is 9.59 Å². The maximum absolute atomic E-state index is 12.9. The zero-order valence-electron chi connectivity index (χ0n) is 19.9. The SMILES string of the molecule is CC(C)(C)OC(=O)NCCCN(CCC(=O)O)C(=O)OCC1c2ccccc2-c2ccccc21. The van der Waals surface area contributed by atoms with Crippen LogP contribution in [-0.2, 0) is 14.3 Å². The van der Waals surface area contributed by atoms with Gasteiger partial charge < -0.3 is 24.8 Å². The van der Waals surface area contributed by atoms with Crippen LogP contribution in [0, 0.1) is 0 Å². The Morgan fingerprint density at radius 3 is 2.12 bits per heavy atom. The van der Waals surface area contributed by atoms with E-state index < -0.39 is 23.8 Å². The normalized spacial score (nSPS) is 12.4. The van der Waals surface area contributed by atoms with Gasteiger partial charge in [0.05, 0.1) is 6.42 Å². The van der Waals surface area contributed by atoms with Crippen LogP contribution in [-0.4, -0.2) is 60.0 Å². The van der Waals surface area contributed by atoms with Gasteiger partial charge in [0.25, 0.3) is 0 Å². The van der Waals surface area contributed by atoms with Crippen molar-refractivity contribution < 1.29 is 29.0 Å². The molecule has 0 aliphatic heterocycles. The molecule has 0 fully saturated rings. The molecule has 2 amide bonds. The van der Waals surface area contributed by atoms with Crippen LogP contribution in [0.1, 0.15) is 50.7 Å². The van der Waals surface area contributed by atoms with Gasteiger partial charge in [0.15, 0.2) is 0 Å². The average molecular weight is 469 g/mol. The fourth-order valence-electron chi connectivity index (χ4n) is 3.98. The number of nitrogens with one attached hydrogen (secondary N) is 1. The lowest BCUT2D eigenvalue weighted by molar-refractivity contribution is -0.137. The summed E-state index contributed by atoms with van der Waals surface area (Å²) in [5.74, 6) is -1.07. The lowest BCUT2D eigenvalue weighted by Crippen LogP contribution is -2.38. The van der Waals surface area contributed by atoms with E-state index in [1.807, 2.05) is 36.4 Å². The minimum Gasteiger partial charge on any atom is -0.481 e. The van der Waals surface area contributed by atoms with Gasteiger partial charge in [-0.25, -0.2) is 9.59 Å². The second kappa shape index (κ2) is 11.0. The molecule has 0 bridgehead atoms. The number of aliphatic carboxylic acids is 1. The molecule has 0 atom stereocenters. The topological polar surface area (TPSA) is 105 Å². The van der Waals surface area contributed by atoms with Crippen molar-refractivity contribution in [1.29, 1.82) is 0 Å². The fraction of sp³-hybridized carbons (Fsp3) is 0.423. The number of carbonyl (C=O) groups is 3. The van der Waals surface area contributed by atoms with E-state index in [0.29, 0.717) is 6.42 Å². The molecule has 0 spiro atoms. The number of hydrogen-bond acceptors (Lipinski definition) is 5. The molecule has 34 heavy (non-hydrogen) atoms. The molecule has 0 aromatic heterocycles. The highest BCUT2D eigenvalue weighted by Crippen LogP contribution is 2.44. The quantitative estimate of drug-likeness (QED) is 0.520. The largest absolute Gasteiger partial charge is 0.481 e. The van der Waals surface area contributed by atoms with E-state index in [1.54, 1.807) is 20.8 Å². The van der Waals surface area contributed by atoms with Gasteiger partial charge in [-0.3, -0.25) is 4.79 Å².